The molecule has 1 N–H and O–H groups in total. The van der Waals surface area contributed by atoms with Gasteiger partial charge in [-0.25, -0.2) is 4.79 Å². The second-order valence-electron chi connectivity index (χ2n) is 9.05. The van der Waals surface area contributed by atoms with Crippen LogP contribution in [0.5, 0.6) is 11.5 Å². The molecule has 29 heavy (non-hydrogen) atoms. The van der Waals surface area contributed by atoms with E-state index in [0.29, 0.717) is 12.4 Å². The lowest BCUT2D eigenvalue weighted by Gasteiger charge is -2.56. The predicted molar refractivity (Wildman–Crippen MR) is 108 cm³/mol. The van der Waals surface area contributed by atoms with Crippen LogP contribution in [0.25, 0.3) is 0 Å². The van der Waals surface area contributed by atoms with Crippen LogP contribution in [0.2, 0.25) is 0 Å². The van der Waals surface area contributed by atoms with Crippen LogP contribution >= 0.6 is 0 Å². The van der Waals surface area contributed by atoms with E-state index in [0.717, 1.165) is 30.0 Å². The number of carbonyl (C=O) groups excluding carboxylic acids is 2. The van der Waals surface area contributed by atoms with Gasteiger partial charge in [-0.3, -0.25) is 4.79 Å². The van der Waals surface area contributed by atoms with Crippen molar-refractivity contribution in [1.82, 2.24) is 5.32 Å². The predicted octanol–water partition coefficient (Wildman–Crippen LogP) is 3.34. The Morgan fingerprint density at radius 1 is 0.931 bits per heavy atom. The molecule has 0 radical (unpaired) electrons. The smallest absolute Gasteiger partial charge is 0.344 e. The van der Waals surface area contributed by atoms with Gasteiger partial charge in [0.2, 0.25) is 0 Å². The number of carbonyl (C=O) groups is 2. The first kappa shape index (κ1) is 20.0. The molecule has 0 heterocycles. The van der Waals surface area contributed by atoms with E-state index in [1.807, 2.05) is 6.92 Å². The van der Waals surface area contributed by atoms with Gasteiger partial charge in [-0.1, -0.05) is 0 Å². The molecule has 0 saturated heterocycles. The van der Waals surface area contributed by atoms with Gasteiger partial charge in [0.1, 0.15) is 11.5 Å². The molecule has 158 valence electrons. The minimum absolute atomic E-state index is 0.226. The molecule has 4 saturated carbocycles. The summed E-state index contributed by atoms with van der Waals surface area (Å²) >= 11 is 0. The largest absolute Gasteiger partial charge is 0.494 e. The normalized spacial score (nSPS) is 29.3. The summed E-state index contributed by atoms with van der Waals surface area (Å²) in [5.74, 6) is 3.09. The molecule has 0 spiro atoms. The topological polar surface area (TPSA) is 73.9 Å². The van der Waals surface area contributed by atoms with Crippen molar-refractivity contribution in [2.75, 3.05) is 26.4 Å². The number of benzene rings is 1. The molecule has 1 amide bonds. The Bertz CT molecular complexity index is 694. The average molecular weight is 402 g/mol. The summed E-state index contributed by atoms with van der Waals surface area (Å²) < 4.78 is 15.8. The van der Waals surface area contributed by atoms with E-state index in [-0.39, 0.29) is 24.5 Å². The van der Waals surface area contributed by atoms with Crippen molar-refractivity contribution < 1.29 is 23.8 Å². The molecule has 0 unspecified atom stereocenters. The van der Waals surface area contributed by atoms with Crippen LogP contribution in [-0.2, 0) is 14.3 Å². The van der Waals surface area contributed by atoms with Crippen LogP contribution in [0.15, 0.2) is 24.3 Å². The van der Waals surface area contributed by atoms with E-state index >= 15 is 0 Å². The van der Waals surface area contributed by atoms with Gasteiger partial charge in [0.25, 0.3) is 5.91 Å². The summed E-state index contributed by atoms with van der Waals surface area (Å²) in [6, 6.07) is 7.02. The monoisotopic (exact) mass is 401 g/mol. The highest BCUT2D eigenvalue weighted by Crippen LogP contribution is 2.59. The minimum Gasteiger partial charge on any atom is -0.494 e. The van der Waals surface area contributed by atoms with Crippen molar-refractivity contribution in [3.8, 4) is 11.5 Å². The summed E-state index contributed by atoms with van der Waals surface area (Å²) in [5, 5.41) is 3.02. The van der Waals surface area contributed by atoms with Crippen LogP contribution in [0.3, 0.4) is 0 Å². The highest BCUT2D eigenvalue weighted by molar-refractivity contribution is 5.80. The van der Waals surface area contributed by atoms with E-state index in [4.69, 9.17) is 14.2 Å². The maximum Gasteiger partial charge on any atom is 0.344 e. The summed E-state index contributed by atoms with van der Waals surface area (Å²) in [7, 11) is 0. The summed E-state index contributed by atoms with van der Waals surface area (Å²) in [4.78, 5) is 24.0. The molecule has 4 fully saturated rings. The van der Waals surface area contributed by atoms with Crippen molar-refractivity contribution in [3.05, 3.63) is 24.3 Å². The van der Waals surface area contributed by atoms with Crippen LogP contribution in [0, 0.1) is 23.2 Å². The average Bonchev–Trinajstić information content (AvgIpc) is 2.69. The zero-order chi connectivity index (χ0) is 20.3. The molecule has 5 rings (SSSR count). The number of amides is 1. The molecule has 4 bridgehead atoms. The third kappa shape index (κ3) is 5.03. The molecule has 4 aliphatic carbocycles. The lowest BCUT2D eigenvalue weighted by molar-refractivity contribution is -0.150. The van der Waals surface area contributed by atoms with E-state index in [1.54, 1.807) is 24.3 Å². The lowest BCUT2D eigenvalue weighted by atomic mass is 9.49. The fourth-order valence-electron chi connectivity index (χ4n) is 5.97. The molecule has 0 atom stereocenters. The number of ether oxygens (including phenoxy) is 3. The molecule has 6 nitrogen and oxygen atoms in total. The van der Waals surface area contributed by atoms with Crippen molar-refractivity contribution >= 4 is 11.9 Å². The molecule has 1 aromatic carbocycles. The lowest BCUT2D eigenvalue weighted by Crippen LogP contribution is -2.51. The van der Waals surface area contributed by atoms with E-state index in [2.05, 4.69) is 5.32 Å². The molecule has 1 aromatic rings. The SMILES string of the molecule is CCOc1ccc(OCC(=O)OCC(=O)NCC23CC4CC(CC(C4)C2)C3)cc1. The Labute approximate surface area is 172 Å². The first-order chi connectivity index (χ1) is 14.0. The second kappa shape index (κ2) is 8.64. The Morgan fingerprint density at radius 2 is 1.48 bits per heavy atom. The Hall–Kier alpha value is -2.24. The maximum atomic E-state index is 12.2. The van der Waals surface area contributed by atoms with Gasteiger partial charge >= 0.3 is 5.97 Å². The van der Waals surface area contributed by atoms with Crippen LogP contribution in [0.1, 0.15) is 45.4 Å². The molecule has 6 heteroatoms. The fourth-order valence-corrected chi connectivity index (χ4v) is 5.97. The molecule has 4 aliphatic rings. The van der Waals surface area contributed by atoms with Gasteiger partial charge < -0.3 is 19.5 Å². The first-order valence-electron chi connectivity index (χ1n) is 10.8. The van der Waals surface area contributed by atoms with E-state index in [1.165, 1.54) is 38.5 Å². The van der Waals surface area contributed by atoms with Crippen molar-refractivity contribution in [3.63, 3.8) is 0 Å². The van der Waals surface area contributed by atoms with Gasteiger partial charge in [0.05, 0.1) is 6.61 Å². The van der Waals surface area contributed by atoms with Crippen molar-refractivity contribution in [2.24, 2.45) is 23.2 Å². The number of nitrogens with one attached hydrogen (secondary N) is 1. The van der Waals surface area contributed by atoms with Gasteiger partial charge in [0, 0.05) is 6.54 Å². The minimum atomic E-state index is -0.552. The Balaban J connectivity index is 1.15. The maximum absolute atomic E-state index is 12.2. The van der Waals surface area contributed by atoms with Crippen LogP contribution < -0.4 is 14.8 Å². The first-order valence-corrected chi connectivity index (χ1v) is 10.8. The van der Waals surface area contributed by atoms with Gasteiger partial charge in [0.15, 0.2) is 13.2 Å². The quantitative estimate of drug-likeness (QED) is 0.643. The van der Waals surface area contributed by atoms with E-state index in [9.17, 15) is 9.59 Å². The van der Waals surface area contributed by atoms with Gasteiger partial charge in [-0.2, -0.15) is 0 Å². The third-order valence-electron chi connectivity index (χ3n) is 6.68. The van der Waals surface area contributed by atoms with E-state index < -0.39 is 5.97 Å². The number of esters is 1. The van der Waals surface area contributed by atoms with Crippen molar-refractivity contribution in [1.29, 1.82) is 0 Å². The fraction of sp³-hybridized carbons (Fsp3) is 0.652. The summed E-state index contributed by atoms with van der Waals surface area (Å²) in [5.41, 5.74) is 0.283. The van der Waals surface area contributed by atoms with Crippen LogP contribution in [-0.4, -0.2) is 38.2 Å². The zero-order valence-electron chi connectivity index (χ0n) is 17.2. The number of rotatable bonds is 9. The second-order valence-corrected chi connectivity index (χ2v) is 9.05. The highest BCUT2D eigenvalue weighted by atomic mass is 16.6. The van der Waals surface area contributed by atoms with Crippen molar-refractivity contribution in [2.45, 2.75) is 45.4 Å². The standard InChI is InChI=1S/C23H31NO5/c1-2-27-19-3-5-20(6-4-19)28-14-22(26)29-13-21(25)24-15-23-10-16-7-17(11-23)9-18(8-16)12-23/h3-6,16-18H,2,7-15H2,1H3,(H,24,25). The zero-order valence-corrected chi connectivity index (χ0v) is 17.2. The summed E-state index contributed by atoms with van der Waals surface area (Å²) in [6.07, 6.45) is 7.90. The number of hydrogen-bond donors (Lipinski definition) is 1. The van der Waals surface area contributed by atoms with Gasteiger partial charge in [-0.15, -0.1) is 0 Å². The molecular weight excluding hydrogens is 370 g/mol. The Kier molecular flexibility index (Phi) is 5.97. The molecule has 0 aromatic heterocycles. The van der Waals surface area contributed by atoms with Gasteiger partial charge in [-0.05, 0) is 92.9 Å². The Morgan fingerprint density at radius 3 is 2.03 bits per heavy atom. The third-order valence-corrected chi connectivity index (χ3v) is 6.68. The number of hydrogen-bond acceptors (Lipinski definition) is 5. The highest BCUT2D eigenvalue weighted by Gasteiger charge is 2.50. The summed E-state index contributed by atoms with van der Waals surface area (Å²) in [6.45, 7) is 2.75. The molecular formula is C23H31NO5. The molecule has 0 aliphatic heterocycles. The van der Waals surface area contributed by atoms with Crippen LogP contribution in [0.4, 0.5) is 0 Å².